The van der Waals surface area contributed by atoms with E-state index in [-0.39, 0.29) is 48.4 Å². The van der Waals surface area contributed by atoms with E-state index in [4.69, 9.17) is 16.6 Å². The first-order valence-electron chi connectivity index (χ1n) is 15.9. The quantitative estimate of drug-likeness (QED) is 0.0743. The molecule has 5 rings (SSSR count). The minimum absolute atomic E-state index is 0.0375. The van der Waals surface area contributed by atoms with Crippen molar-refractivity contribution in [3.8, 4) is 0 Å². The first-order chi connectivity index (χ1) is 23.0. The van der Waals surface area contributed by atoms with Gasteiger partial charge in [-0.1, -0.05) is 0 Å². The van der Waals surface area contributed by atoms with Crippen LogP contribution < -0.4 is 16.5 Å². The van der Waals surface area contributed by atoms with Crippen molar-refractivity contribution in [2.75, 3.05) is 18.5 Å². The molecule has 1 aliphatic heterocycles. The number of hydrogen-bond donors (Lipinski definition) is 3. The molecule has 2 aliphatic rings. The summed E-state index contributed by atoms with van der Waals surface area (Å²) in [7, 11) is 1.36. The maximum absolute atomic E-state index is 14.3. The Balaban J connectivity index is 1.54. The van der Waals surface area contributed by atoms with Crippen molar-refractivity contribution in [3.05, 3.63) is 70.5 Å². The molecule has 49 heavy (non-hydrogen) atoms. The molecule has 0 radical (unpaired) electrons. The van der Waals surface area contributed by atoms with Crippen LogP contribution in [0.5, 0.6) is 0 Å². The molecule has 5 N–H and O–H groups in total. The number of hydrazine groups is 1. The molecule has 0 spiro atoms. The number of halogens is 7. The Hall–Kier alpha value is -4.34. The van der Waals surface area contributed by atoms with Crippen LogP contribution >= 0.6 is 0 Å². The number of carboxylic acid groups (broad SMARTS) is 1. The Bertz CT molecular complexity index is 1660. The van der Waals surface area contributed by atoms with Gasteiger partial charge in [-0.15, -0.1) is 5.10 Å². The molecule has 266 valence electrons. The fourth-order valence-electron chi connectivity index (χ4n) is 7.09. The van der Waals surface area contributed by atoms with Gasteiger partial charge in [-0.3, -0.25) is 4.79 Å². The van der Waals surface area contributed by atoms with Gasteiger partial charge in [-0.05, 0) is 92.3 Å². The minimum Gasteiger partial charge on any atom is -0.481 e. The zero-order chi connectivity index (χ0) is 35.7. The summed E-state index contributed by atoms with van der Waals surface area (Å²) in [5, 5.41) is 14.7. The number of guanidine groups is 1. The number of aromatic nitrogens is 1. The van der Waals surface area contributed by atoms with Crippen LogP contribution in [0.4, 0.5) is 36.6 Å². The van der Waals surface area contributed by atoms with Crippen molar-refractivity contribution in [3.63, 3.8) is 0 Å². The first kappa shape index (κ1) is 36.0. The van der Waals surface area contributed by atoms with Crippen LogP contribution in [0, 0.1) is 17.7 Å². The number of nitrogens with two attached hydrogens (primary N) is 2. The number of nitrogens with zero attached hydrogens (tertiary/aromatic N) is 5. The summed E-state index contributed by atoms with van der Waals surface area (Å²) in [4.78, 5) is 19.6. The van der Waals surface area contributed by atoms with Crippen molar-refractivity contribution in [2.45, 2.75) is 76.4 Å². The number of hydrogen-bond acceptors (Lipinski definition) is 6. The van der Waals surface area contributed by atoms with E-state index in [2.05, 4.69) is 10.0 Å². The molecule has 3 aromatic rings. The SMILES string of the molecule is CN(N)/N=C(\N)N(Cc1cc(C(F)(F)F)cc(C(F)(F)F)c1)Cc1cc2ccc(F)cc2nc1N1CCC[C@@H]1C1CCC(CC(=O)O)CC1. The van der Waals surface area contributed by atoms with Crippen LogP contribution in [-0.4, -0.2) is 51.7 Å². The van der Waals surface area contributed by atoms with Crippen LogP contribution in [0.2, 0.25) is 0 Å². The highest BCUT2D eigenvalue weighted by atomic mass is 19.4. The number of benzene rings is 2. The van der Waals surface area contributed by atoms with Gasteiger partial charge in [0.15, 0.2) is 0 Å². The second kappa shape index (κ2) is 14.3. The van der Waals surface area contributed by atoms with Crippen molar-refractivity contribution in [1.29, 1.82) is 0 Å². The molecule has 16 heteroatoms. The topological polar surface area (TPSA) is 124 Å². The smallest absolute Gasteiger partial charge is 0.416 e. The van der Waals surface area contributed by atoms with Gasteiger partial charge in [0.1, 0.15) is 11.6 Å². The summed E-state index contributed by atoms with van der Waals surface area (Å²) >= 11 is 0. The highest BCUT2D eigenvalue weighted by Gasteiger charge is 2.38. The second-order valence-electron chi connectivity index (χ2n) is 12.9. The Morgan fingerprint density at radius 3 is 2.22 bits per heavy atom. The zero-order valence-corrected chi connectivity index (χ0v) is 26.7. The lowest BCUT2D eigenvalue weighted by Crippen LogP contribution is -2.41. The van der Waals surface area contributed by atoms with E-state index in [0.29, 0.717) is 41.0 Å². The number of pyridine rings is 1. The standard InChI is InChI=1S/C33H38F7N7O2/c1-45(42)44-31(41)46(17-20-11-24(32(35,36)37)15-25(12-20)33(38,39)40)18-23-14-22-8-9-26(34)16-27(22)43-30(23)47-10-2-3-28(47)21-6-4-19(5-7-21)13-29(48)49/h8-9,11-12,14-16,19,21,28H,2-7,10,13,17-18,42H2,1H3,(H2,41,44)(H,48,49)/t19?,21?,28-/m1/s1. The van der Waals surface area contributed by atoms with Gasteiger partial charge in [0.25, 0.3) is 0 Å². The van der Waals surface area contributed by atoms with Crippen molar-refractivity contribution in [1.82, 2.24) is 15.0 Å². The molecule has 1 aromatic heterocycles. The molecule has 2 heterocycles. The maximum Gasteiger partial charge on any atom is 0.416 e. The lowest BCUT2D eigenvalue weighted by atomic mass is 9.76. The predicted octanol–water partition coefficient (Wildman–Crippen LogP) is 6.70. The highest BCUT2D eigenvalue weighted by molar-refractivity contribution is 5.83. The molecule has 1 saturated heterocycles. The molecule has 0 amide bonds. The van der Waals surface area contributed by atoms with Crippen LogP contribution in [0.1, 0.15) is 67.2 Å². The van der Waals surface area contributed by atoms with E-state index in [9.17, 15) is 40.6 Å². The summed E-state index contributed by atoms with van der Waals surface area (Å²) in [6.07, 6.45) is -5.10. The lowest BCUT2D eigenvalue weighted by Gasteiger charge is -2.38. The maximum atomic E-state index is 14.3. The summed E-state index contributed by atoms with van der Waals surface area (Å²) in [5.74, 6) is 4.94. The molecular weight excluding hydrogens is 659 g/mol. The Kier molecular flexibility index (Phi) is 10.5. The van der Waals surface area contributed by atoms with Gasteiger partial charge in [-0.2, -0.15) is 26.3 Å². The molecule has 9 nitrogen and oxygen atoms in total. The van der Waals surface area contributed by atoms with E-state index in [1.54, 1.807) is 6.07 Å². The number of hydrazone groups is 1. The van der Waals surface area contributed by atoms with Gasteiger partial charge in [0, 0.05) is 56.2 Å². The Labute approximate surface area is 278 Å². The fourth-order valence-corrected chi connectivity index (χ4v) is 7.09. The lowest BCUT2D eigenvalue weighted by molar-refractivity contribution is -0.143. The molecule has 1 aliphatic carbocycles. The molecule has 2 fully saturated rings. The van der Waals surface area contributed by atoms with Crippen LogP contribution in [0.25, 0.3) is 10.9 Å². The largest absolute Gasteiger partial charge is 0.481 e. The summed E-state index contributed by atoms with van der Waals surface area (Å²) in [6, 6.07) is 7.23. The van der Waals surface area contributed by atoms with Gasteiger partial charge < -0.3 is 20.6 Å². The molecule has 0 bridgehead atoms. The van der Waals surface area contributed by atoms with Gasteiger partial charge in [-0.25, -0.2) is 20.3 Å². The van der Waals surface area contributed by atoms with E-state index in [0.717, 1.165) is 43.6 Å². The Morgan fingerprint density at radius 2 is 1.63 bits per heavy atom. The van der Waals surface area contributed by atoms with Gasteiger partial charge in [0.05, 0.1) is 16.6 Å². The third-order valence-electron chi connectivity index (χ3n) is 9.27. The summed E-state index contributed by atoms with van der Waals surface area (Å²) in [5.41, 5.74) is 3.96. The Morgan fingerprint density at radius 1 is 0.980 bits per heavy atom. The van der Waals surface area contributed by atoms with Crippen molar-refractivity contribution < 1.29 is 40.6 Å². The molecule has 0 unspecified atom stereocenters. The number of aliphatic carboxylic acids is 1. The van der Waals surface area contributed by atoms with Crippen LogP contribution in [-0.2, 0) is 30.2 Å². The first-order valence-corrected chi connectivity index (χ1v) is 15.9. The molecule has 1 atom stereocenters. The normalized spacial score (nSPS) is 20.6. The average Bonchev–Trinajstić information content (AvgIpc) is 3.49. The van der Waals surface area contributed by atoms with E-state index >= 15 is 0 Å². The van der Waals surface area contributed by atoms with E-state index in [1.165, 1.54) is 30.1 Å². The number of rotatable bonds is 9. The number of fused-ring (bicyclic) bond motifs is 1. The van der Waals surface area contributed by atoms with Crippen molar-refractivity contribution in [2.24, 2.45) is 28.5 Å². The third kappa shape index (κ3) is 8.83. The predicted molar refractivity (Wildman–Crippen MR) is 169 cm³/mol. The van der Waals surface area contributed by atoms with E-state index in [1.807, 2.05) is 0 Å². The zero-order valence-electron chi connectivity index (χ0n) is 26.7. The van der Waals surface area contributed by atoms with Crippen LogP contribution in [0.3, 0.4) is 0 Å². The number of alkyl halides is 6. The van der Waals surface area contributed by atoms with Gasteiger partial charge >= 0.3 is 18.3 Å². The van der Waals surface area contributed by atoms with E-state index < -0.39 is 41.8 Å². The van der Waals surface area contributed by atoms with Crippen molar-refractivity contribution >= 4 is 28.6 Å². The summed E-state index contributed by atoms with van der Waals surface area (Å²) < 4.78 is 96.5. The average molecular weight is 698 g/mol. The van der Waals surface area contributed by atoms with Gasteiger partial charge in [0.2, 0.25) is 5.96 Å². The number of anilines is 1. The molecule has 2 aromatic carbocycles. The summed E-state index contributed by atoms with van der Waals surface area (Å²) in [6.45, 7) is -0.0166. The fraction of sp³-hybridized carbons (Fsp3) is 0.485. The monoisotopic (exact) mass is 697 g/mol. The third-order valence-corrected chi connectivity index (χ3v) is 9.27. The van der Waals surface area contributed by atoms with Crippen LogP contribution in [0.15, 0.2) is 47.6 Å². The highest BCUT2D eigenvalue weighted by Crippen LogP contribution is 2.41. The number of carboxylic acids is 1. The molecule has 1 saturated carbocycles. The second-order valence-corrected chi connectivity index (χ2v) is 12.9. The minimum atomic E-state index is -5.04. The number of carbonyl (C=O) groups is 1. The molecular formula is C33H38F7N7O2.